The molecule has 2 aliphatic carbocycles. The molecule has 4 rings (SSSR count). The SMILES string of the molecule is O=C(CSc1nnc(-c2ccncc2)o1)N[C@@H]1C[C@@H]2CC[C@@H]1C2. The molecule has 0 radical (unpaired) electrons. The molecule has 1 N–H and O–H groups in total. The van der Waals surface area contributed by atoms with Crippen LogP contribution in [0.4, 0.5) is 0 Å². The van der Waals surface area contributed by atoms with E-state index in [1.165, 1.54) is 31.0 Å². The van der Waals surface area contributed by atoms with E-state index < -0.39 is 0 Å². The van der Waals surface area contributed by atoms with Gasteiger partial charge in [0.2, 0.25) is 11.8 Å². The fourth-order valence-electron chi connectivity index (χ4n) is 3.68. The van der Waals surface area contributed by atoms with Gasteiger partial charge >= 0.3 is 0 Å². The second kappa shape index (κ2) is 6.31. The molecule has 2 bridgehead atoms. The topological polar surface area (TPSA) is 80.9 Å². The molecule has 2 aliphatic rings. The Kier molecular flexibility index (Phi) is 4.03. The first-order valence-electron chi connectivity index (χ1n) is 7.94. The number of carbonyl (C=O) groups excluding carboxylic acids is 1. The molecule has 23 heavy (non-hydrogen) atoms. The number of nitrogens with zero attached hydrogens (tertiary/aromatic N) is 3. The van der Waals surface area contributed by atoms with Crippen LogP contribution in [0.2, 0.25) is 0 Å². The van der Waals surface area contributed by atoms with Gasteiger partial charge < -0.3 is 9.73 Å². The third kappa shape index (κ3) is 3.24. The molecular formula is C16H18N4O2S. The van der Waals surface area contributed by atoms with Crippen molar-refractivity contribution in [1.82, 2.24) is 20.5 Å². The second-order valence-electron chi connectivity index (χ2n) is 6.25. The van der Waals surface area contributed by atoms with E-state index in [1.54, 1.807) is 12.4 Å². The van der Waals surface area contributed by atoms with Crippen LogP contribution in [0.15, 0.2) is 34.2 Å². The maximum absolute atomic E-state index is 12.1. The summed E-state index contributed by atoms with van der Waals surface area (Å²) in [6.07, 6.45) is 8.39. The maximum atomic E-state index is 12.1. The molecule has 0 aromatic carbocycles. The van der Waals surface area contributed by atoms with Gasteiger partial charge in [0, 0.05) is 24.0 Å². The van der Waals surface area contributed by atoms with Crippen LogP contribution >= 0.6 is 11.8 Å². The summed E-state index contributed by atoms with van der Waals surface area (Å²) in [6.45, 7) is 0. The van der Waals surface area contributed by atoms with Crippen molar-refractivity contribution in [2.75, 3.05) is 5.75 Å². The van der Waals surface area contributed by atoms with Crippen molar-refractivity contribution in [3.8, 4) is 11.5 Å². The molecule has 2 aromatic rings. The number of aromatic nitrogens is 3. The van der Waals surface area contributed by atoms with Crippen LogP contribution in [-0.2, 0) is 4.79 Å². The molecule has 2 aromatic heterocycles. The molecule has 0 unspecified atom stereocenters. The maximum Gasteiger partial charge on any atom is 0.277 e. The summed E-state index contributed by atoms with van der Waals surface area (Å²) in [6, 6.07) is 3.99. The highest BCUT2D eigenvalue weighted by molar-refractivity contribution is 7.99. The van der Waals surface area contributed by atoms with E-state index in [0.29, 0.717) is 28.8 Å². The summed E-state index contributed by atoms with van der Waals surface area (Å²) in [5.74, 6) is 2.33. The largest absolute Gasteiger partial charge is 0.411 e. The molecule has 0 spiro atoms. The van der Waals surface area contributed by atoms with Crippen LogP contribution in [0.25, 0.3) is 11.5 Å². The van der Waals surface area contributed by atoms with Crippen molar-refractivity contribution in [3.05, 3.63) is 24.5 Å². The summed E-state index contributed by atoms with van der Waals surface area (Å²) >= 11 is 1.28. The number of carbonyl (C=O) groups is 1. The van der Waals surface area contributed by atoms with E-state index in [-0.39, 0.29) is 5.91 Å². The normalized spacial score (nSPS) is 25.7. The molecule has 0 aliphatic heterocycles. The highest BCUT2D eigenvalue weighted by Gasteiger charge is 2.40. The van der Waals surface area contributed by atoms with Gasteiger partial charge in [-0.2, -0.15) is 0 Å². The van der Waals surface area contributed by atoms with Crippen LogP contribution in [0, 0.1) is 11.8 Å². The van der Waals surface area contributed by atoms with E-state index in [9.17, 15) is 4.79 Å². The van der Waals surface area contributed by atoms with Crippen molar-refractivity contribution < 1.29 is 9.21 Å². The van der Waals surface area contributed by atoms with Crippen LogP contribution < -0.4 is 5.32 Å². The Morgan fingerprint density at radius 2 is 2.13 bits per heavy atom. The number of hydrogen-bond acceptors (Lipinski definition) is 6. The first-order valence-corrected chi connectivity index (χ1v) is 8.92. The van der Waals surface area contributed by atoms with Gasteiger partial charge in [-0.3, -0.25) is 9.78 Å². The van der Waals surface area contributed by atoms with Gasteiger partial charge in [-0.25, -0.2) is 0 Å². The molecule has 0 saturated heterocycles. The smallest absolute Gasteiger partial charge is 0.277 e. The molecule has 2 heterocycles. The standard InChI is InChI=1S/C16H18N4O2S/c21-14(18-13-8-10-1-2-12(13)7-10)9-23-16-20-19-15(22-16)11-3-5-17-6-4-11/h3-6,10,12-13H,1-2,7-9H2,(H,18,21)/t10-,12-,13-/m1/s1. The number of nitrogens with one attached hydrogen (secondary N) is 1. The van der Waals surface area contributed by atoms with Crippen LogP contribution in [0.5, 0.6) is 0 Å². The molecule has 2 saturated carbocycles. The predicted octanol–water partition coefficient (Wildman–Crippen LogP) is 2.53. The number of pyridine rings is 1. The first-order chi connectivity index (χ1) is 11.3. The van der Waals surface area contributed by atoms with Crippen LogP contribution in [-0.4, -0.2) is 32.9 Å². The zero-order valence-corrected chi connectivity index (χ0v) is 13.5. The number of thioether (sulfide) groups is 1. The summed E-state index contributed by atoms with van der Waals surface area (Å²) in [5, 5.41) is 11.6. The van der Waals surface area contributed by atoms with Crippen molar-refractivity contribution >= 4 is 17.7 Å². The Morgan fingerprint density at radius 3 is 2.87 bits per heavy atom. The zero-order valence-electron chi connectivity index (χ0n) is 12.6. The van der Waals surface area contributed by atoms with Crippen molar-refractivity contribution in [2.24, 2.45) is 11.8 Å². The van der Waals surface area contributed by atoms with Gasteiger partial charge in [-0.1, -0.05) is 18.2 Å². The van der Waals surface area contributed by atoms with Gasteiger partial charge in [-0.15, -0.1) is 10.2 Å². The number of fused-ring (bicyclic) bond motifs is 2. The van der Waals surface area contributed by atoms with Crippen LogP contribution in [0.1, 0.15) is 25.7 Å². The number of hydrogen-bond donors (Lipinski definition) is 1. The lowest BCUT2D eigenvalue weighted by Gasteiger charge is -2.22. The minimum absolute atomic E-state index is 0.0520. The highest BCUT2D eigenvalue weighted by atomic mass is 32.2. The summed E-state index contributed by atoms with van der Waals surface area (Å²) < 4.78 is 5.57. The lowest BCUT2D eigenvalue weighted by atomic mass is 9.95. The van der Waals surface area contributed by atoms with E-state index in [2.05, 4.69) is 20.5 Å². The summed E-state index contributed by atoms with van der Waals surface area (Å²) in [5.41, 5.74) is 0.825. The lowest BCUT2D eigenvalue weighted by Crippen LogP contribution is -2.39. The first kappa shape index (κ1) is 14.7. The van der Waals surface area contributed by atoms with Gasteiger partial charge in [0.15, 0.2) is 0 Å². The molecule has 120 valence electrons. The van der Waals surface area contributed by atoms with Crippen molar-refractivity contribution in [2.45, 2.75) is 36.9 Å². The number of rotatable bonds is 5. The van der Waals surface area contributed by atoms with E-state index in [1.807, 2.05) is 12.1 Å². The molecule has 3 atom stereocenters. The van der Waals surface area contributed by atoms with Crippen molar-refractivity contribution in [3.63, 3.8) is 0 Å². The van der Waals surface area contributed by atoms with E-state index in [4.69, 9.17) is 4.42 Å². The Bertz CT molecular complexity index is 690. The fourth-order valence-corrected chi connectivity index (χ4v) is 4.25. The third-order valence-corrected chi connectivity index (χ3v) is 5.56. The van der Waals surface area contributed by atoms with Crippen LogP contribution in [0.3, 0.4) is 0 Å². The third-order valence-electron chi connectivity index (χ3n) is 4.74. The monoisotopic (exact) mass is 330 g/mol. The fraction of sp³-hybridized carbons (Fsp3) is 0.500. The lowest BCUT2D eigenvalue weighted by molar-refractivity contribution is -0.119. The van der Waals surface area contributed by atoms with Gasteiger partial charge in [0.1, 0.15) is 0 Å². The zero-order chi connectivity index (χ0) is 15.6. The number of amides is 1. The van der Waals surface area contributed by atoms with E-state index in [0.717, 1.165) is 17.9 Å². The molecule has 6 nitrogen and oxygen atoms in total. The molecule has 7 heteroatoms. The minimum Gasteiger partial charge on any atom is -0.411 e. The Balaban J connectivity index is 1.29. The average Bonchev–Trinajstić information content (AvgIpc) is 3.30. The molecule has 2 fully saturated rings. The van der Waals surface area contributed by atoms with Gasteiger partial charge in [0.25, 0.3) is 5.22 Å². The van der Waals surface area contributed by atoms with Crippen molar-refractivity contribution in [1.29, 1.82) is 0 Å². The Hall–Kier alpha value is -1.89. The second-order valence-corrected chi connectivity index (χ2v) is 7.17. The highest BCUT2D eigenvalue weighted by Crippen LogP contribution is 2.44. The Labute approximate surface area is 138 Å². The molecular weight excluding hydrogens is 312 g/mol. The summed E-state index contributed by atoms with van der Waals surface area (Å²) in [4.78, 5) is 16.0. The predicted molar refractivity (Wildman–Crippen MR) is 85.6 cm³/mol. The van der Waals surface area contributed by atoms with Gasteiger partial charge in [-0.05, 0) is 43.2 Å². The quantitative estimate of drug-likeness (QED) is 0.849. The molecule has 1 amide bonds. The Morgan fingerprint density at radius 1 is 1.26 bits per heavy atom. The minimum atomic E-state index is 0.0520. The van der Waals surface area contributed by atoms with Gasteiger partial charge in [0.05, 0.1) is 5.75 Å². The summed E-state index contributed by atoms with van der Waals surface area (Å²) in [7, 11) is 0. The average molecular weight is 330 g/mol. The van der Waals surface area contributed by atoms with E-state index >= 15 is 0 Å².